The average Bonchev–Trinajstić information content (AvgIpc) is 2.71. The van der Waals surface area contributed by atoms with Gasteiger partial charge in [-0.05, 0) is 73.6 Å². The van der Waals surface area contributed by atoms with Crippen molar-refractivity contribution in [1.29, 1.82) is 0 Å². The van der Waals surface area contributed by atoms with Crippen molar-refractivity contribution in [3.05, 3.63) is 66.4 Å². The largest absolute Gasteiger partial charge is 0.462 e. The quantitative estimate of drug-likeness (QED) is 0.565. The van der Waals surface area contributed by atoms with Crippen LogP contribution >= 0.6 is 11.6 Å². The van der Waals surface area contributed by atoms with Gasteiger partial charge in [-0.2, -0.15) is 0 Å². The highest BCUT2D eigenvalue weighted by atomic mass is 35.5. The third-order valence-electron chi connectivity index (χ3n) is 4.77. The molecule has 0 aromatic carbocycles. The van der Waals surface area contributed by atoms with Gasteiger partial charge >= 0.3 is 11.9 Å². The lowest BCUT2D eigenvalue weighted by Crippen LogP contribution is -2.30. The zero-order chi connectivity index (χ0) is 25.5. The van der Waals surface area contributed by atoms with Crippen molar-refractivity contribution in [1.82, 2.24) is 9.13 Å². The van der Waals surface area contributed by atoms with E-state index in [0.29, 0.717) is 10.7 Å². The number of esters is 2. The number of hydrogen-bond donors (Lipinski definition) is 0. The molecular weight excluding hydrogens is 448 g/mol. The van der Waals surface area contributed by atoms with Crippen molar-refractivity contribution < 1.29 is 19.1 Å². The first kappa shape index (κ1) is 28.2. The van der Waals surface area contributed by atoms with Gasteiger partial charge in [0, 0.05) is 23.5 Å². The minimum atomic E-state index is -0.631. The zero-order valence-electron chi connectivity index (χ0n) is 20.5. The Hall–Kier alpha value is -2.87. The molecule has 0 radical (unpaired) electrons. The number of aromatic nitrogens is 2. The molecule has 33 heavy (non-hydrogen) atoms. The molecule has 0 unspecified atom stereocenters. The average molecular weight is 481 g/mol. The molecule has 0 aliphatic carbocycles. The molecule has 0 fully saturated rings. The van der Waals surface area contributed by atoms with Crippen molar-refractivity contribution in [3.63, 3.8) is 0 Å². The summed E-state index contributed by atoms with van der Waals surface area (Å²) >= 11 is 6.01. The van der Waals surface area contributed by atoms with Gasteiger partial charge in [-0.15, -0.1) is 0 Å². The number of pyridine rings is 2. The predicted molar refractivity (Wildman–Crippen MR) is 129 cm³/mol. The highest BCUT2D eigenvalue weighted by Crippen LogP contribution is 2.18. The lowest BCUT2D eigenvalue weighted by Gasteiger charge is -2.16. The summed E-state index contributed by atoms with van der Waals surface area (Å²) in [7, 11) is 0. The van der Waals surface area contributed by atoms with E-state index in [1.54, 1.807) is 31.4 Å². The summed E-state index contributed by atoms with van der Waals surface area (Å²) in [6.45, 7) is 15.0. The molecule has 0 atom stereocenters. The van der Waals surface area contributed by atoms with Gasteiger partial charge in [0.25, 0.3) is 11.1 Å². The first-order valence-corrected chi connectivity index (χ1v) is 11.2. The van der Waals surface area contributed by atoms with Crippen LogP contribution < -0.4 is 11.1 Å². The summed E-state index contributed by atoms with van der Waals surface area (Å²) in [6.07, 6.45) is 0. The SMILES string of the molecule is CCOC(=O)c1cc(Cl)c(C)n(C(C)C)c1=O.CCOC(=O)c1ccc(C)n(C(C)C)c1=O. The van der Waals surface area contributed by atoms with Crippen LogP contribution in [-0.2, 0) is 9.47 Å². The van der Waals surface area contributed by atoms with Gasteiger partial charge in [0.1, 0.15) is 11.1 Å². The Morgan fingerprint density at radius 3 is 1.76 bits per heavy atom. The van der Waals surface area contributed by atoms with Gasteiger partial charge in [-0.3, -0.25) is 9.59 Å². The van der Waals surface area contributed by atoms with Crippen LogP contribution in [0.5, 0.6) is 0 Å². The normalized spacial score (nSPS) is 10.6. The monoisotopic (exact) mass is 480 g/mol. The second-order valence-corrected chi connectivity index (χ2v) is 8.27. The van der Waals surface area contributed by atoms with Gasteiger partial charge in [-0.25, -0.2) is 9.59 Å². The summed E-state index contributed by atoms with van der Waals surface area (Å²) in [5.41, 5.74) is 0.930. The summed E-state index contributed by atoms with van der Waals surface area (Å²) in [4.78, 5) is 47.2. The molecule has 0 N–H and O–H groups in total. The van der Waals surface area contributed by atoms with Gasteiger partial charge < -0.3 is 18.6 Å². The summed E-state index contributed by atoms with van der Waals surface area (Å²) < 4.78 is 12.7. The maximum absolute atomic E-state index is 12.1. The maximum atomic E-state index is 12.1. The Morgan fingerprint density at radius 1 is 0.848 bits per heavy atom. The second kappa shape index (κ2) is 12.4. The van der Waals surface area contributed by atoms with E-state index in [0.717, 1.165) is 5.69 Å². The Morgan fingerprint density at radius 2 is 1.30 bits per heavy atom. The third kappa shape index (κ3) is 6.81. The number of halogens is 1. The number of carbonyl (C=O) groups excluding carboxylic acids is 2. The molecule has 0 aliphatic heterocycles. The summed E-state index contributed by atoms with van der Waals surface area (Å²) in [5.74, 6) is -1.18. The molecule has 0 aliphatic rings. The first-order chi connectivity index (χ1) is 15.4. The lowest BCUT2D eigenvalue weighted by atomic mass is 10.2. The number of carbonyl (C=O) groups is 2. The van der Waals surface area contributed by atoms with E-state index in [-0.39, 0.29) is 47.5 Å². The predicted octanol–water partition coefficient (Wildman–Crippen LogP) is 4.48. The van der Waals surface area contributed by atoms with Crippen LogP contribution in [0.1, 0.15) is 85.7 Å². The molecule has 0 amide bonds. The highest BCUT2D eigenvalue weighted by molar-refractivity contribution is 6.31. The van der Waals surface area contributed by atoms with Gasteiger partial charge in [-0.1, -0.05) is 11.6 Å². The Balaban J connectivity index is 0.000000331. The molecule has 2 aromatic rings. The smallest absolute Gasteiger partial charge is 0.343 e. The maximum Gasteiger partial charge on any atom is 0.343 e. The molecule has 0 saturated heterocycles. The van der Waals surface area contributed by atoms with E-state index >= 15 is 0 Å². The molecule has 0 spiro atoms. The summed E-state index contributed by atoms with van der Waals surface area (Å²) in [5, 5.41) is 0.390. The van der Waals surface area contributed by atoms with Gasteiger partial charge in [0.05, 0.1) is 18.2 Å². The number of ether oxygens (including phenoxy) is 2. The van der Waals surface area contributed by atoms with Crippen LogP contribution in [0, 0.1) is 13.8 Å². The van der Waals surface area contributed by atoms with E-state index in [9.17, 15) is 19.2 Å². The van der Waals surface area contributed by atoms with E-state index in [2.05, 4.69) is 0 Å². The van der Waals surface area contributed by atoms with E-state index in [1.165, 1.54) is 16.7 Å². The number of aryl methyl sites for hydroxylation is 1. The molecule has 2 rings (SSSR count). The lowest BCUT2D eigenvalue weighted by molar-refractivity contribution is 0.0513. The molecule has 182 valence electrons. The molecule has 2 heterocycles. The topological polar surface area (TPSA) is 96.6 Å². The number of hydrogen-bond acceptors (Lipinski definition) is 6. The molecule has 9 heteroatoms. The molecule has 8 nitrogen and oxygen atoms in total. The van der Waals surface area contributed by atoms with Crippen molar-refractivity contribution in [2.75, 3.05) is 13.2 Å². The van der Waals surface area contributed by atoms with E-state index < -0.39 is 11.9 Å². The molecule has 0 bridgehead atoms. The van der Waals surface area contributed by atoms with Gasteiger partial charge in [0.15, 0.2) is 0 Å². The van der Waals surface area contributed by atoms with Gasteiger partial charge in [0.2, 0.25) is 0 Å². The van der Waals surface area contributed by atoms with Crippen molar-refractivity contribution in [3.8, 4) is 0 Å². The third-order valence-corrected chi connectivity index (χ3v) is 5.15. The van der Waals surface area contributed by atoms with Crippen LogP contribution in [0.4, 0.5) is 0 Å². The number of rotatable bonds is 6. The Labute approximate surface area is 199 Å². The number of nitrogens with zero attached hydrogens (tertiary/aromatic N) is 2. The fourth-order valence-electron chi connectivity index (χ4n) is 3.32. The fourth-order valence-corrected chi connectivity index (χ4v) is 3.52. The fraction of sp³-hybridized carbons (Fsp3) is 0.500. The standard InChI is InChI=1S/C12H16ClNO3.C12H17NO3/c1-5-17-12(16)9-6-10(13)8(4)14(7(2)3)11(9)15;1-5-16-12(15)10-7-6-9(4)13(8(2)3)11(10)14/h6-7H,5H2,1-4H3;6-8H,5H2,1-4H3. The van der Waals surface area contributed by atoms with Crippen LogP contribution in [0.3, 0.4) is 0 Å². The Kier molecular flexibility index (Phi) is 10.6. The van der Waals surface area contributed by atoms with Crippen LogP contribution in [0.15, 0.2) is 27.8 Å². The van der Waals surface area contributed by atoms with Crippen LogP contribution in [-0.4, -0.2) is 34.3 Å². The first-order valence-electron chi connectivity index (χ1n) is 10.9. The zero-order valence-corrected chi connectivity index (χ0v) is 21.3. The summed E-state index contributed by atoms with van der Waals surface area (Å²) in [6, 6.07) is 4.62. The molecular formula is C24H33ClN2O6. The molecule has 0 saturated carbocycles. The molecule has 2 aromatic heterocycles. The van der Waals surface area contributed by atoms with Crippen molar-refractivity contribution >= 4 is 23.5 Å². The van der Waals surface area contributed by atoms with Crippen molar-refractivity contribution in [2.45, 2.75) is 67.5 Å². The Bertz CT molecular complexity index is 1120. The minimum Gasteiger partial charge on any atom is -0.462 e. The minimum absolute atomic E-state index is 0.0175. The highest BCUT2D eigenvalue weighted by Gasteiger charge is 2.19. The van der Waals surface area contributed by atoms with Crippen molar-refractivity contribution in [2.24, 2.45) is 0 Å². The van der Waals surface area contributed by atoms with Crippen LogP contribution in [0.25, 0.3) is 0 Å². The van der Waals surface area contributed by atoms with E-state index in [4.69, 9.17) is 21.1 Å². The van der Waals surface area contributed by atoms with Crippen LogP contribution in [0.2, 0.25) is 5.02 Å². The van der Waals surface area contributed by atoms with E-state index in [1.807, 2.05) is 34.6 Å². The second-order valence-electron chi connectivity index (χ2n) is 7.86.